The highest BCUT2D eigenvalue weighted by atomic mass is 19.4. The molecule has 12 heteroatoms. The minimum absolute atomic E-state index is 0.0110. The first-order valence-corrected chi connectivity index (χ1v) is 10.8. The molecule has 0 unspecified atom stereocenters. The average Bonchev–Trinajstić information content (AvgIpc) is 3.31. The normalized spacial score (nSPS) is 12.7. The van der Waals surface area contributed by atoms with Crippen LogP contribution >= 0.6 is 0 Å². The Labute approximate surface area is 199 Å². The van der Waals surface area contributed by atoms with E-state index in [9.17, 15) is 18.0 Å². The molecule has 0 saturated heterocycles. The Morgan fingerprint density at radius 3 is 2.71 bits per heavy atom. The number of pyridine rings is 2. The maximum atomic E-state index is 12.6. The monoisotopic (exact) mass is 488 g/mol. The molecule has 0 bridgehead atoms. The van der Waals surface area contributed by atoms with Crippen molar-refractivity contribution < 1.29 is 27.4 Å². The van der Waals surface area contributed by atoms with Crippen molar-refractivity contribution in [3.63, 3.8) is 0 Å². The van der Waals surface area contributed by atoms with Crippen molar-refractivity contribution in [2.75, 3.05) is 37.5 Å². The molecule has 3 aromatic rings. The van der Waals surface area contributed by atoms with Crippen LogP contribution in [0.3, 0.4) is 0 Å². The Hall–Kier alpha value is -3.96. The molecule has 0 spiro atoms. The van der Waals surface area contributed by atoms with Gasteiger partial charge in [-0.05, 0) is 31.4 Å². The van der Waals surface area contributed by atoms with Gasteiger partial charge in [0.15, 0.2) is 12.4 Å². The zero-order chi connectivity index (χ0) is 25.0. The van der Waals surface area contributed by atoms with E-state index in [-0.39, 0.29) is 29.7 Å². The van der Waals surface area contributed by atoms with E-state index < -0.39 is 12.8 Å². The number of aromatic nitrogens is 4. The number of alkyl halides is 3. The SMILES string of the molecule is COc1ccc(NC(=O)CN(C)c2nc(-c3cc(OCC(F)(F)F)ccn3)nc3c2CCC3)cn1. The number of aryl methyl sites for hydroxylation is 1. The van der Waals surface area contributed by atoms with Crippen molar-refractivity contribution >= 4 is 17.4 Å². The Bertz CT molecular complexity index is 1200. The molecule has 1 N–H and O–H groups in total. The molecule has 35 heavy (non-hydrogen) atoms. The fraction of sp³-hybridized carbons (Fsp3) is 0.348. The van der Waals surface area contributed by atoms with Crippen LogP contribution in [0.2, 0.25) is 0 Å². The van der Waals surface area contributed by atoms with Gasteiger partial charge < -0.3 is 19.7 Å². The van der Waals surface area contributed by atoms with Crippen molar-refractivity contribution in [3.05, 3.63) is 47.9 Å². The van der Waals surface area contributed by atoms with Gasteiger partial charge in [0.05, 0.1) is 25.5 Å². The number of amides is 1. The Morgan fingerprint density at radius 1 is 1.17 bits per heavy atom. The summed E-state index contributed by atoms with van der Waals surface area (Å²) in [5.41, 5.74) is 2.58. The lowest BCUT2D eigenvalue weighted by atomic mass is 10.2. The van der Waals surface area contributed by atoms with Gasteiger partial charge in [0.2, 0.25) is 11.8 Å². The third-order valence-electron chi connectivity index (χ3n) is 5.25. The Balaban J connectivity index is 1.53. The molecule has 0 fully saturated rings. The second kappa shape index (κ2) is 10.1. The minimum Gasteiger partial charge on any atom is -0.484 e. The van der Waals surface area contributed by atoms with Crippen molar-refractivity contribution in [1.82, 2.24) is 19.9 Å². The van der Waals surface area contributed by atoms with Gasteiger partial charge in [-0.3, -0.25) is 9.78 Å². The summed E-state index contributed by atoms with van der Waals surface area (Å²) in [5, 5.41) is 2.78. The highest BCUT2D eigenvalue weighted by Gasteiger charge is 2.29. The number of carbonyl (C=O) groups is 1. The van der Waals surface area contributed by atoms with E-state index in [2.05, 4.69) is 25.3 Å². The van der Waals surface area contributed by atoms with Gasteiger partial charge in [-0.1, -0.05) is 0 Å². The molecule has 0 radical (unpaired) electrons. The highest BCUT2D eigenvalue weighted by molar-refractivity contribution is 5.93. The number of nitrogens with one attached hydrogen (secondary N) is 1. The molecule has 3 heterocycles. The van der Waals surface area contributed by atoms with Gasteiger partial charge in [0, 0.05) is 36.6 Å². The van der Waals surface area contributed by atoms with Crippen LogP contribution in [0.15, 0.2) is 36.7 Å². The van der Waals surface area contributed by atoms with Crippen LogP contribution in [-0.2, 0) is 17.6 Å². The van der Waals surface area contributed by atoms with E-state index in [1.54, 1.807) is 24.1 Å². The fourth-order valence-corrected chi connectivity index (χ4v) is 3.70. The average molecular weight is 488 g/mol. The van der Waals surface area contributed by atoms with Crippen molar-refractivity contribution in [3.8, 4) is 23.1 Å². The van der Waals surface area contributed by atoms with Crippen LogP contribution in [0.4, 0.5) is 24.7 Å². The quantitative estimate of drug-likeness (QED) is 0.515. The summed E-state index contributed by atoms with van der Waals surface area (Å²) in [5.74, 6) is 1.01. The third kappa shape index (κ3) is 6.14. The second-order valence-electron chi connectivity index (χ2n) is 7.92. The van der Waals surface area contributed by atoms with E-state index in [1.807, 2.05) is 0 Å². The molecule has 1 aliphatic rings. The predicted octanol–water partition coefficient (Wildman–Crippen LogP) is 3.45. The zero-order valence-electron chi connectivity index (χ0n) is 19.1. The number of nitrogens with zero attached hydrogens (tertiary/aromatic N) is 5. The lowest BCUT2D eigenvalue weighted by Gasteiger charge is -2.21. The van der Waals surface area contributed by atoms with Crippen LogP contribution in [0.5, 0.6) is 11.6 Å². The van der Waals surface area contributed by atoms with Gasteiger partial charge in [-0.2, -0.15) is 13.2 Å². The van der Waals surface area contributed by atoms with Crippen molar-refractivity contribution in [2.24, 2.45) is 0 Å². The van der Waals surface area contributed by atoms with E-state index in [0.717, 1.165) is 30.5 Å². The van der Waals surface area contributed by atoms with Crippen LogP contribution in [0.25, 0.3) is 11.5 Å². The van der Waals surface area contributed by atoms with E-state index in [4.69, 9.17) is 9.47 Å². The van der Waals surface area contributed by atoms with Gasteiger partial charge in [-0.25, -0.2) is 15.0 Å². The molecule has 1 aliphatic carbocycles. The summed E-state index contributed by atoms with van der Waals surface area (Å²) >= 11 is 0. The van der Waals surface area contributed by atoms with Gasteiger partial charge in [-0.15, -0.1) is 0 Å². The summed E-state index contributed by atoms with van der Waals surface area (Å²) < 4.78 is 47.4. The number of carbonyl (C=O) groups excluding carboxylic acids is 1. The largest absolute Gasteiger partial charge is 0.484 e. The Morgan fingerprint density at radius 2 is 2.00 bits per heavy atom. The molecule has 0 atom stereocenters. The number of anilines is 2. The van der Waals surface area contributed by atoms with Crippen LogP contribution in [0, 0.1) is 0 Å². The fourth-order valence-electron chi connectivity index (χ4n) is 3.70. The van der Waals surface area contributed by atoms with Gasteiger partial charge in [0.1, 0.15) is 17.3 Å². The highest BCUT2D eigenvalue weighted by Crippen LogP contribution is 2.31. The molecular formula is C23H23F3N6O3. The first-order valence-electron chi connectivity index (χ1n) is 10.8. The van der Waals surface area contributed by atoms with Crippen molar-refractivity contribution in [1.29, 1.82) is 0 Å². The van der Waals surface area contributed by atoms with E-state index in [0.29, 0.717) is 17.4 Å². The smallest absolute Gasteiger partial charge is 0.422 e. The first kappa shape index (κ1) is 24.2. The molecule has 184 valence electrons. The summed E-state index contributed by atoms with van der Waals surface area (Å²) in [6, 6.07) is 6.04. The summed E-state index contributed by atoms with van der Waals surface area (Å²) in [6.45, 7) is -1.40. The zero-order valence-corrected chi connectivity index (χ0v) is 19.1. The maximum Gasteiger partial charge on any atom is 0.422 e. The summed E-state index contributed by atoms with van der Waals surface area (Å²) in [4.78, 5) is 31.8. The summed E-state index contributed by atoms with van der Waals surface area (Å²) in [7, 11) is 3.25. The number of hydrogen-bond acceptors (Lipinski definition) is 8. The predicted molar refractivity (Wildman–Crippen MR) is 122 cm³/mol. The van der Waals surface area contributed by atoms with Crippen LogP contribution in [-0.4, -0.2) is 59.3 Å². The lowest BCUT2D eigenvalue weighted by Crippen LogP contribution is -2.31. The molecule has 3 aromatic heterocycles. The van der Waals surface area contributed by atoms with E-state index >= 15 is 0 Å². The molecule has 0 saturated carbocycles. The van der Waals surface area contributed by atoms with Crippen molar-refractivity contribution in [2.45, 2.75) is 25.4 Å². The second-order valence-corrected chi connectivity index (χ2v) is 7.92. The number of halogens is 3. The molecule has 4 rings (SSSR count). The molecule has 9 nitrogen and oxygen atoms in total. The first-order chi connectivity index (χ1) is 16.7. The van der Waals surface area contributed by atoms with E-state index in [1.165, 1.54) is 31.6 Å². The molecule has 1 amide bonds. The summed E-state index contributed by atoms with van der Waals surface area (Å²) in [6.07, 6.45) is 0.779. The minimum atomic E-state index is -4.45. The Kier molecular flexibility index (Phi) is 6.99. The lowest BCUT2D eigenvalue weighted by molar-refractivity contribution is -0.153. The topological polar surface area (TPSA) is 102 Å². The molecule has 0 aliphatic heterocycles. The number of methoxy groups -OCH3 is 1. The van der Waals surface area contributed by atoms with Gasteiger partial charge in [0.25, 0.3) is 0 Å². The number of rotatable bonds is 8. The number of likely N-dealkylation sites (N-methyl/N-ethyl adjacent to an activating group) is 1. The van der Waals surface area contributed by atoms with Gasteiger partial charge >= 0.3 is 6.18 Å². The molecule has 0 aromatic carbocycles. The number of ether oxygens (including phenoxy) is 2. The number of fused-ring (bicyclic) bond motifs is 1. The number of hydrogen-bond donors (Lipinski definition) is 1. The van der Waals surface area contributed by atoms with Crippen LogP contribution < -0.4 is 19.7 Å². The third-order valence-corrected chi connectivity index (χ3v) is 5.25. The maximum absolute atomic E-state index is 12.6. The van der Waals surface area contributed by atoms with Crippen LogP contribution in [0.1, 0.15) is 17.7 Å². The standard InChI is InChI=1S/C23H23F3N6O3/c1-32(12-19(33)29-14-6-7-20(34-2)28-11-14)22-16-4-3-5-17(16)30-21(31-22)18-10-15(8-9-27-18)35-13-23(24,25)26/h6-11H,3-5,12-13H2,1-2H3,(H,29,33). The molecular weight excluding hydrogens is 465 g/mol.